The van der Waals surface area contributed by atoms with Crippen molar-refractivity contribution in [2.45, 2.75) is 51.9 Å². The average molecular weight is 326 g/mol. The van der Waals surface area contributed by atoms with Crippen molar-refractivity contribution >= 4 is 12.6 Å². The zero-order valence-corrected chi connectivity index (χ0v) is 14.7. The van der Waals surface area contributed by atoms with E-state index < -0.39 is 0 Å². The van der Waals surface area contributed by atoms with E-state index in [9.17, 15) is 0 Å². The second kappa shape index (κ2) is 5.36. The van der Waals surface area contributed by atoms with Crippen molar-refractivity contribution in [3.05, 3.63) is 41.7 Å². The zero-order valence-electron chi connectivity index (χ0n) is 14.7. The van der Waals surface area contributed by atoms with E-state index in [1.165, 1.54) is 11.1 Å². The minimum absolute atomic E-state index is 0.334. The number of fused-ring (bicyclic) bond motifs is 1. The van der Waals surface area contributed by atoms with Crippen LogP contribution in [0.15, 0.2) is 30.6 Å². The molecule has 1 aromatic heterocycles. The van der Waals surface area contributed by atoms with Crippen LogP contribution in [-0.2, 0) is 22.3 Å². The van der Waals surface area contributed by atoms with Gasteiger partial charge in [0.15, 0.2) is 0 Å². The number of aromatic nitrogens is 2. The van der Waals surface area contributed by atoms with Crippen molar-refractivity contribution in [3.63, 3.8) is 0 Å². The van der Waals surface area contributed by atoms with Crippen molar-refractivity contribution in [1.82, 2.24) is 9.78 Å². The third-order valence-corrected chi connectivity index (χ3v) is 5.28. The summed E-state index contributed by atoms with van der Waals surface area (Å²) in [6.45, 7) is 9.75. The Morgan fingerprint density at radius 3 is 2.67 bits per heavy atom. The van der Waals surface area contributed by atoms with E-state index in [2.05, 4.69) is 51.0 Å². The van der Waals surface area contributed by atoms with Gasteiger partial charge in [-0.15, -0.1) is 0 Å². The molecule has 0 spiro atoms. The quantitative estimate of drug-likeness (QED) is 0.811. The molecule has 0 unspecified atom stereocenters. The fraction of sp³-hybridized carbons (Fsp3) is 0.500. The van der Waals surface area contributed by atoms with Crippen LogP contribution in [0.2, 0.25) is 0 Å². The molecule has 0 bridgehead atoms. The largest absolute Gasteiger partial charge is 0.498 e. The first kappa shape index (κ1) is 15.7. The molecule has 4 rings (SSSR count). The molecular weight excluding hydrogens is 303 g/mol. The van der Waals surface area contributed by atoms with Crippen molar-refractivity contribution in [2.24, 2.45) is 0 Å². The summed E-state index contributed by atoms with van der Waals surface area (Å²) in [7, 11) is -0.364. The lowest BCUT2D eigenvalue weighted by atomic mass is 9.82. The van der Waals surface area contributed by atoms with Gasteiger partial charge in [0, 0.05) is 24.3 Å². The van der Waals surface area contributed by atoms with Crippen LogP contribution >= 0.6 is 0 Å². The van der Waals surface area contributed by atoms with Crippen molar-refractivity contribution in [3.8, 4) is 5.75 Å². The predicted octanol–water partition coefficient (Wildman–Crippen LogP) is 2.17. The molecule has 3 heterocycles. The molecule has 1 saturated heterocycles. The second-order valence-electron chi connectivity index (χ2n) is 7.60. The maximum atomic E-state index is 6.08. The van der Waals surface area contributed by atoms with Gasteiger partial charge in [-0.05, 0) is 44.9 Å². The molecule has 1 fully saturated rings. The summed E-state index contributed by atoms with van der Waals surface area (Å²) < 4.78 is 19.7. The molecule has 0 aliphatic carbocycles. The number of hydrogen-bond acceptors (Lipinski definition) is 4. The second-order valence-corrected chi connectivity index (χ2v) is 7.60. The molecule has 0 saturated carbocycles. The van der Waals surface area contributed by atoms with E-state index in [1.54, 1.807) is 0 Å². The Hall–Kier alpha value is -1.79. The van der Waals surface area contributed by atoms with E-state index in [0.717, 1.165) is 30.8 Å². The van der Waals surface area contributed by atoms with Gasteiger partial charge in [-0.2, -0.15) is 5.10 Å². The Morgan fingerprint density at radius 1 is 1.17 bits per heavy atom. The highest BCUT2D eigenvalue weighted by Crippen LogP contribution is 2.36. The molecule has 5 nitrogen and oxygen atoms in total. The fourth-order valence-electron chi connectivity index (χ4n) is 3.09. The van der Waals surface area contributed by atoms with Crippen LogP contribution in [0.3, 0.4) is 0 Å². The van der Waals surface area contributed by atoms with Crippen LogP contribution < -0.4 is 10.2 Å². The van der Waals surface area contributed by atoms with Crippen LogP contribution in [0.25, 0.3) is 0 Å². The third kappa shape index (κ3) is 2.64. The Labute approximate surface area is 143 Å². The highest BCUT2D eigenvalue weighted by molar-refractivity contribution is 6.61. The first-order chi connectivity index (χ1) is 11.3. The van der Waals surface area contributed by atoms with E-state index >= 15 is 0 Å². The summed E-state index contributed by atoms with van der Waals surface area (Å²) in [5, 5.41) is 4.47. The number of nitrogens with zero attached hydrogens (tertiary/aromatic N) is 2. The van der Waals surface area contributed by atoms with Crippen LogP contribution in [0.4, 0.5) is 0 Å². The topological polar surface area (TPSA) is 45.5 Å². The van der Waals surface area contributed by atoms with Gasteiger partial charge in [0.05, 0.1) is 24.4 Å². The molecule has 0 radical (unpaired) electrons. The lowest BCUT2D eigenvalue weighted by Crippen LogP contribution is -2.41. The molecule has 0 amide bonds. The zero-order chi connectivity index (χ0) is 16.9. The minimum atomic E-state index is -0.364. The standard InChI is InChI=1S/C18H23BN2O3/c1-17(2)18(3,4)24-19(23-17)15-10-20-21(12-15)11-13-5-6-16-14(9-13)7-8-22-16/h5-6,9-10,12H,7-8,11H2,1-4H3. The van der Waals surface area contributed by atoms with Gasteiger partial charge in [-0.1, -0.05) is 12.1 Å². The lowest BCUT2D eigenvalue weighted by molar-refractivity contribution is 0.00578. The van der Waals surface area contributed by atoms with E-state index in [-0.39, 0.29) is 18.3 Å². The fourth-order valence-corrected chi connectivity index (χ4v) is 3.09. The summed E-state index contributed by atoms with van der Waals surface area (Å²) in [5.41, 5.74) is 2.80. The van der Waals surface area contributed by atoms with Crippen LogP contribution in [0.1, 0.15) is 38.8 Å². The van der Waals surface area contributed by atoms with E-state index in [1.807, 2.05) is 17.1 Å². The SMILES string of the molecule is CC1(C)OB(c2cnn(Cc3ccc4c(c3)CCO4)c2)OC1(C)C. The molecule has 126 valence electrons. The monoisotopic (exact) mass is 326 g/mol. The maximum absolute atomic E-state index is 6.08. The Bertz CT molecular complexity index is 753. The molecule has 2 aromatic rings. The summed E-state index contributed by atoms with van der Waals surface area (Å²) >= 11 is 0. The van der Waals surface area contributed by atoms with Crippen LogP contribution in [0.5, 0.6) is 5.75 Å². The minimum Gasteiger partial charge on any atom is -0.493 e. The molecule has 0 N–H and O–H groups in total. The molecule has 6 heteroatoms. The Morgan fingerprint density at radius 2 is 1.92 bits per heavy atom. The molecule has 2 aliphatic rings. The lowest BCUT2D eigenvalue weighted by Gasteiger charge is -2.32. The smallest absolute Gasteiger partial charge is 0.493 e. The molecule has 1 aromatic carbocycles. The summed E-state index contributed by atoms with van der Waals surface area (Å²) in [5.74, 6) is 1.01. The number of hydrogen-bond donors (Lipinski definition) is 0. The average Bonchev–Trinajstić information content (AvgIpc) is 3.18. The summed E-state index contributed by atoms with van der Waals surface area (Å²) in [6, 6.07) is 6.36. The first-order valence-electron chi connectivity index (χ1n) is 8.47. The molecule has 24 heavy (non-hydrogen) atoms. The Balaban J connectivity index is 1.50. The van der Waals surface area contributed by atoms with Gasteiger partial charge < -0.3 is 14.0 Å². The number of benzene rings is 1. The Kier molecular flexibility index (Phi) is 3.51. The van der Waals surface area contributed by atoms with Crippen LogP contribution in [0, 0.1) is 0 Å². The summed E-state index contributed by atoms with van der Waals surface area (Å²) in [4.78, 5) is 0. The van der Waals surface area contributed by atoms with Gasteiger partial charge in [0.2, 0.25) is 0 Å². The number of rotatable bonds is 3. The van der Waals surface area contributed by atoms with Gasteiger partial charge in [-0.3, -0.25) is 4.68 Å². The normalized spacial score (nSPS) is 20.9. The van der Waals surface area contributed by atoms with Gasteiger partial charge in [0.25, 0.3) is 0 Å². The highest BCUT2D eigenvalue weighted by Gasteiger charge is 2.52. The van der Waals surface area contributed by atoms with Gasteiger partial charge in [-0.25, -0.2) is 0 Å². The van der Waals surface area contributed by atoms with E-state index in [4.69, 9.17) is 14.0 Å². The van der Waals surface area contributed by atoms with Crippen molar-refractivity contribution < 1.29 is 14.0 Å². The number of ether oxygens (including phenoxy) is 1. The summed E-state index contributed by atoms with van der Waals surface area (Å²) in [6.07, 6.45) is 4.83. The molecule has 2 aliphatic heterocycles. The first-order valence-corrected chi connectivity index (χ1v) is 8.47. The molecule has 0 atom stereocenters. The highest BCUT2D eigenvalue weighted by atomic mass is 16.7. The maximum Gasteiger partial charge on any atom is 0.498 e. The molecular formula is C18H23BN2O3. The van der Waals surface area contributed by atoms with E-state index in [0.29, 0.717) is 0 Å². The van der Waals surface area contributed by atoms with Crippen molar-refractivity contribution in [2.75, 3.05) is 6.61 Å². The van der Waals surface area contributed by atoms with Crippen LogP contribution in [-0.4, -0.2) is 34.7 Å². The van der Waals surface area contributed by atoms with Gasteiger partial charge >= 0.3 is 7.12 Å². The van der Waals surface area contributed by atoms with Gasteiger partial charge in [0.1, 0.15) is 5.75 Å². The predicted molar refractivity (Wildman–Crippen MR) is 92.7 cm³/mol. The third-order valence-electron chi connectivity index (χ3n) is 5.28. The van der Waals surface area contributed by atoms with Crippen molar-refractivity contribution in [1.29, 1.82) is 0 Å².